The Kier molecular flexibility index (Phi) is 3.89. The van der Waals surface area contributed by atoms with Crippen molar-refractivity contribution in [3.8, 4) is 0 Å². The van der Waals surface area contributed by atoms with Gasteiger partial charge in [0.1, 0.15) is 11.5 Å². The van der Waals surface area contributed by atoms with Crippen molar-refractivity contribution >= 4 is 11.7 Å². The first-order valence-corrected chi connectivity index (χ1v) is 6.69. The molecular formula is C13H22N4O. The van der Waals surface area contributed by atoms with E-state index in [0.717, 1.165) is 18.8 Å². The van der Waals surface area contributed by atoms with Gasteiger partial charge in [0.05, 0.1) is 0 Å². The van der Waals surface area contributed by atoms with Crippen LogP contribution in [0.4, 0.5) is 5.82 Å². The molecule has 3 N–H and O–H groups in total. The highest BCUT2D eigenvalue weighted by atomic mass is 16.2. The smallest absolute Gasteiger partial charge is 0.271 e. The molecule has 1 aliphatic rings. The van der Waals surface area contributed by atoms with E-state index in [9.17, 15) is 4.79 Å². The van der Waals surface area contributed by atoms with Gasteiger partial charge in [-0.05, 0) is 31.6 Å². The number of nitrogens with two attached hydrogens (primary N) is 1. The molecule has 0 saturated heterocycles. The second-order valence-electron chi connectivity index (χ2n) is 5.21. The van der Waals surface area contributed by atoms with E-state index in [0.29, 0.717) is 17.6 Å². The molecule has 18 heavy (non-hydrogen) atoms. The molecule has 0 spiro atoms. The summed E-state index contributed by atoms with van der Waals surface area (Å²) in [4.78, 5) is 14.0. The monoisotopic (exact) mass is 250 g/mol. The number of aromatic amines is 1. The van der Waals surface area contributed by atoms with Crippen molar-refractivity contribution in [1.82, 2.24) is 15.1 Å². The zero-order valence-corrected chi connectivity index (χ0v) is 11.1. The van der Waals surface area contributed by atoms with Crippen LogP contribution in [0.5, 0.6) is 0 Å². The van der Waals surface area contributed by atoms with Gasteiger partial charge in [-0.25, -0.2) is 0 Å². The number of nitrogens with one attached hydrogen (secondary N) is 1. The van der Waals surface area contributed by atoms with Gasteiger partial charge in [0.25, 0.3) is 5.91 Å². The Labute approximate surface area is 108 Å². The molecule has 0 bridgehead atoms. The van der Waals surface area contributed by atoms with E-state index in [-0.39, 0.29) is 5.91 Å². The number of hydrogen-bond acceptors (Lipinski definition) is 3. The maximum atomic E-state index is 12.2. The first kappa shape index (κ1) is 12.9. The maximum absolute atomic E-state index is 12.2. The van der Waals surface area contributed by atoms with Gasteiger partial charge < -0.3 is 10.6 Å². The third-order valence-corrected chi connectivity index (χ3v) is 4.09. The van der Waals surface area contributed by atoms with Crippen LogP contribution in [0.2, 0.25) is 0 Å². The number of carbonyl (C=O) groups is 1. The normalized spacial score (nSPS) is 23.9. The van der Waals surface area contributed by atoms with Crippen molar-refractivity contribution in [1.29, 1.82) is 0 Å². The number of nitrogens with zero attached hydrogens (tertiary/aromatic N) is 2. The van der Waals surface area contributed by atoms with Crippen LogP contribution >= 0.6 is 0 Å². The van der Waals surface area contributed by atoms with E-state index in [4.69, 9.17) is 5.73 Å². The van der Waals surface area contributed by atoms with Crippen molar-refractivity contribution in [2.24, 2.45) is 5.92 Å². The van der Waals surface area contributed by atoms with Crippen LogP contribution < -0.4 is 5.73 Å². The van der Waals surface area contributed by atoms with Gasteiger partial charge in [-0.15, -0.1) is 0 Å². The summed E-state index contributed by atoms with van der Waals surface area (Å²) in [6.07, 6.45) is 5.91. The first-order valence-electron chi connectivity index (χ1n) is 6.69. The Morgan fingerprint density at radius 1 is 1.50 bits per heavy atom. The SMILES string of the molecule is CCC1CCC(N(C)C(=O)c2cc(N)n[nH]2)CC1. The molecule has 0 aromatic carbocycles. The lowest BCUT2D eigenvalue weighted by Gasteiger charge is -2.34. The highest BCUT2D eigenvalue weighted by Crippen LogP contribution is 2.29. The molecule has 1 amide bonds. The number of carbonyl (C=O) groups excluding carboxylic acids is 1. The van der Waals surface area contributed by atoms with Crippen LogP contribution in [0.15, 0.2) is 6.07 Å². The van der Waals surface area contributed by atoms with Crippen LogP contribution in [0.3, 0.4) is 0 Å². The molecule has 0 atom stereocenters. The fourth-order valence-corrected chi connectivity index (χ4v) is 2.74. The number of aromatic nitrogens is 2. The average Bonchev–Trinajstić information content (AvgIpc) is 2.84. The fourth-order valence-electron chi connectivity index (χ4n) is 2.74. The number of nitrogen functional groups attached to an aromatic ring is 1. The largest absolute Gasteiger partial charge is 0.382 e. The Morgan fingerprint density at radius 3 is 2.67 bits per heavy atom. The fraction of sp³-hybridized carbons (Fsp3) is 0.692. The minimum atomic E-state index is -0.0147. The number of hydrogen-bond donors (Lipinski definition) is 2. The highest BCUT2D eigenvalue weighted by Gasteiger charge is 2.27. The van der Waals surface area contributed by atoms with Gasteiger partial charge in [-0.1, -0.05) is 13.3 Å². The minimum absolute atomic E-state index is 0.0147. The first-order chi connectivity index (χ1) is 8.61. The standard InChI is InChI=1S/C13H22N4O/c1-3-9-4-6-10(7-5-9)17(2)13(18)11-8-12(14)16-15-11/h8-10H,3-7H2,1-2H3,(H3,14,15,16). The van der Waals surface area contributed by atoms with Crippen LogP contribution in [-0.2, 0) is 0 Å². The molecule has 1 fully saturated rings. The van der Waals surface area contributed by atoms with Gasteiger partial charge in [0.2, 0.25) is 0 Å². The topological polar surface area (TPSA) is 75.0 Å². The van der Waals surface area contributed by atoms with E-state index >= 15 is 0 Å². The van der Waals surface area contributed by atoms with E-state index in [1.54, 1.807) is 6.07 Å². The van der Waals surface area contributed by atoms with Crippen molar-refractivity contribution in [2.45, 2.75) is 45.1 Å². The lowest BCUT2D eigenvalue weighted by atomic mass is 9.84. The second kappa shape index (κ2) is 5.42. The summed E-state index contributed by atoms with van der Waals surface area (Å²) in [6, 6.07) is 1.95. The quantitative estimate of drug-likeness (QED) is 0.862. The zero-order valence-electron chi connectivity index (χ0n) is 11.1. The summed E-state index contributed by atoms with van der Waals surface area (Å²) < 4.78 is 0. The van der Waals surface area contributed by atoms with Crippen LogP contribution in [0, 0.1) is 5.92 Å². The minimum Gasteiger partial charge on any atom is -0.382 e. The predicted octanol–water partition coefficient (Wildman–Crippen LogP) is 2.03. The van der Waals surface area contributed by atoms with Crippen molar-refractivity contribution in [3.05, 3.63) is 11.8 Å². The number of amides is 1. The number of H-pyrrole nitrogens is 1. The Balaban J connectivity index is 1.95. The van der Waals surface area contributed by atoms with Crippen LogP contribution in [0.25, 0.3) is 0 Å². The van der Waals surface area contributed by atoms with Gasteiger partial charge >= 0.3 is 0 Å². The molecule has 1 heterocycles. The lowest BCUT2D eigenvalue weighted by molar-refractivity contribution is 0.0669. The molecule has 1 aliphatic carbocycles. The average molecular weight is 250 g/mol. The molecular weight excluding hydrogens is 228 g/mol. The van der Waals surface area contributed by atoms with E-state index < -0.39 is 0 Å². The second-order valence-corrected chi connectivity index (χ2v) is 5.21. The van der Waals surface area contributed by atoms with Gasteiger partial charge in [-0.3, -0.25) is 9.89 Å². The van der Waals surface area contributed by atoms with Gasteiger partial charge in [-0.2, -0.15) is 5.10 Å². The molecule has 0 radical (unpaired) electrons. The summed E-state index contributed by atoms with van der Waals surface area (Å²) >= 11 is 0. The maximum Gasteiger partial charge on any atom is 0.271 e. The third kappa shape index (κ3) is 2.66. The van der Waals surface area contributed by atoms with Crippen molar-refractivity contribution < 1.29 is 4.79 Å². The summed E-state index contributed by atoms with van der Waals surface area (Å²) in [7, 11) is 1.87. The molecule has 2 rings (SSSR count). The molecule has 5 nitrogen and oxygen atoms in total. The molecule has 100 valence electrons. The van der Waals surface area contributed by atoms with Gasteiger partial charge in [0.15, 0.2) is 0 Å². The van der Waals surface area contributed by atoms with Crippen molar-refractivity contribution in [3.63, 3.8) is 0 Å². The molecule has 1 aromatic rings. The Morgan fingerprint density at radius 2 is 2.17 bits per heavy atom. The zero-order chi connectivity index (χ0) is 13.1. The predicted molar refractivity (Wildman–Crippen MR) is 71.1 cm³/mol. The Bertz CT molecular complexity index is 407. The van der Waals surface area contributed by atoms with Gasteiger partial charge in [0, 0.05) is 19.2 Å². The number of rotatable bonds is 3. The molecule has 1 saturated carbocycles. The molecule has 0 unspecified atom stereocenters. The summed E-state index contributed by atoms with van der Waals surface area (Å²) in [5.41, 5.74) is 6.00. The van der Waals surface area contributed by atoms with Crippen molar-refractivity contribution in [2.75, 3.05) is 12.8 Å². The third-order valence-electron chi connectivity index (χ3n) is 4.09. The van der Waals surface area contributed by atoms with E-state index in [1.807, 2.05) is 11.9 Å². The summed E-state index contributed by atoms with van der Waals surface area (Å²) in [6.45, 7) is 2.24. The summed E-state index contributed by atoms with van der Waals surface area (Å²) in [5, 5.41) is 6.47. The summed E-state index contributed by atoms with van der Waals surface area (Å²) in [5.74, 6) is 1.19. The Hall–Kier alpha value is -1.52. The van der Waals surface area contributed by atoms with Crippen LogP contribution in [-0.4, -0.2) is 34.1 Å². The molecule has 0 aliphatic heterocycles. The lowest BCUT2D eigenvalue weighted by Crippen LogP contribution is -2.39. The van der Waals surface area contributed by atoms with E-state index in [2.05, 4.69) is 17.1 Å². The molecule has 5 heteroatoms. The highest BCUT2D eigenvalue weighted by molar-refractivity contribution is 5.93. The molecule has 1 aromatic heterocycles. The number of anilines is 1. The van der Waals surface area contributed by atoms with Crippen LogP contribution in [0.1, 0.15) is 49.5 Å². The van der Waals surface area contributed by atoms with E-state index in [1.165, 1.54) is 19.3 Å².